The summed E-state index contributed by atoms with van der Waals surface area (Å²) in [7, 11) is 0. The molecule has 0 aliphatic heterocycles. The second-order valence-corrected chi connectivity index (χ2v) is 5.80. The van der Waals surface area contributed by atoms with Crippen LogP contribution in [-0.2, 0) is 0 Å². The largest absolute Gasteiger partial charge is 0.368 e. The van der Waals surface area contributed by atoms with E-state index >= 15 is 0 Å². The van der Waals surface area contributed by atoms with E-state index in [1.807, 2.05) is 36.4 Å². The zero-order chi connectivity index (χ0) is 20.1. The number of hydrogen-bond donors (Lipinski definition) is 2. The number of nitro benzene ring substituents is 1. The molecule has 0 aliphatic carbocycles. The molecule has 138 valence electrons. The van der Waals surface area contributed by atoms with Crippen LogP contribution in [0.1, 0.15) is 17.0 Å². The highest BCUT2D eigenvalue weighted by Gasteiger charge is 2.13. The second-order valence-electron chi connectivity index (χ2n) is 5.80. The van der Waals surface area contributed by atoms with Crippen LogP contribution < -0.4 is 11.1 Å². The molecule has 3 rings (SSSR count). The monoisotopic (exact) mass is 373 g/mol. The minimum atomic E-state index is -0.471. The van der Waals surface area contributed by atoms with Crippen molar-refractivity contribution in [3.8, 4) is 6.07 Å². The number of nitro groups is 1. The van der Waals surface area contributed by atoms with E-state index in [2.05, 4.69) is 20.3 Å². The van der Waals surface area contributed by atoms with Gasteiger partial charge in [0.2, 0.25) is 11.9 Å². The van der Waals surface area contributed by atoms with E-state index in [1.54, 1.807) is 19.1 Å². The van der Waals surface area contributed by atoms with E-state index in [9.17, 15) is 15.4 Å². The number of nitrogens with zero attached hydrogens (tertiary/aromatic N) is 5. The maximum atomic E-state index is 11.1. The molecular weight excluding hydrogens is 358 g/mol. The number of anilines is 3. The van der Waals surface area contributed by atoms with Gasteiger partial charge >= 0.3 is 0 Å². The van der Waals surface area contributed by atoms with Crippen molar-refractivity contribution < 1.29 is 4.92 Å². The van der Waals surface area contributed by atoms with Crippen LogP contribution in [0.25, 0.3) is 11.6 Å². The minimum absolute atomic E-state index is 0.0346. The number of rotatable bonds is 5. The molecular formula is C19H15N7O2. The Balaban J connectivity index is 1.99. The third-order valence-corrected chi connectivity index (χ3v) is 3.78. The van der Waals surface area contributed by atoms with Crippen molar-refractivity contribution in [1.29, 1.82) is 5.26 Å². The van der Waals surface area contributed by atoms with E-state index in [0.717, 1.165) is 5.69 Å². The van der Waals surface area contributed by atoms with Crippen molar-refractivity contribution in [2.75, 3.05) is 11.1 Å². The first-order valence-electron chi connectivity index (χ1n) is 8.17. The Bertz CT molecular complexity index is 1110. The zero-order valence-electron chi connectivity index (χ0n) is 14.8. The lowest BCUT2D eigenvalue weighted by Crippen LogP contribution is -2.06. The maximum Gasteiger partial charge on any atom is 0.272 e. The molecule has 3 N–H and O–H groups in total. The summed E-state index contributed by atoms with van der Waals surface area (Å²) in [5.41, 5.74) is 7.57. The summed E-state index contributed by atoms with van der Waals surface area (Å²) in [4.78, 5) is 22.9. The van der Waals surface area contributed by atoms with Crippen LogP contribution in [0, 0.1) is 28.4 Å². The number of nitriles is 1. The predicted octanol–water partition coefficient (Wildman–Crippen LogP) is 3.48. The van der Waals surface area contributed by atoms with Gasteiger partial charge in [0.15, 0.2) is 5.82 Å². The van der Waals surface area contributed by atoms with Gasteiger partial charge in [-0.3, -0.25) is 10.1 Å². The molecule has 1 heterocycles. The SMILES string of the molecule is Cc1ccc(C=C(C#N)c2nc(N)nc(Nc3ccccc3)n2)cc1[N+](=O)[O-]. The van der Waals surface area contributed by atoms with Crippen LogP contribution in [0.15, 0.2) is 48.5 Å². The van der Waals surface area contributed by atoms with Crippen LogP contribution in [0.5, 0.6) is 0 Å². The maximum absolute atomic E-state index is 11.1. The summed E-state index contributed by atoms with van der Waals surface area (Å²) in [6, 6.07) is 15.9. The Hall–Kier alpha value is -4.32. The highest BCUT2D eigenvalue weighted by Crippen LogP contribution is 2.23. The summed E-state index contributed by atoms with van der Waals surface area (Å²) in [5.74, 6) is 0.195. The number of aromatic nitrogens is 3. The number of allylic oxidation sites excluding steroid dienone is 1. The van der Waals surface area contributed by atoms with Gasteiger partial charge in [-0.05, 0) is 30.7 Å². The molecule has 1 aromatic heterocycles. The quantitative estimate of drug-likeness (QED) is 0.393. The van der Waals surface area contributed by atoms with E-state index in [4.69, 9.17) is 5.73 Å². The number of nitrogen functional groups attached to an aromatic ring is 1. The fourth-order valence-corrected chi connectivity index (χ4v) is 2.45. The Morgan fingerprint density at radius 3 is 2.64 bits per heavy atom. The Labute approximate surface area is 160 Å². The number of benzene rings is 2. The topological polar surface area (TPSA) is 144 Å². The van der Waals surface area contributed by atoms with Gasteiger partial charge in [0.1, 0.15) is 6.07 Å². The van der Waals surface area contributed by atoms with Crippen LogP contribution in [0.4, 0.5) is 23.3 Å². The molecule has 0 saturated carbocycles. The van der Waals surface area contributed by atoms with Crippen LogP contribution in [0.2, 0.25) is 0 Å². The first-order chi connectivity index (χ1) is 13.5. The number of hydrogen-bond acceptors (Lipinski definition) is 8. The summed E-state index contributed by atoms with van der Waals surface area (Å²) in [5, 5.41) is 23.6. The first kappa shape index (κ1) is 18.5. The Morgan fingerprint density at radius 2 is 1.96 bits per heavy atom. The number of nitrogens with one attached hydrogen (secondary N) is 1. The number of para-hydroxylation sites is 1. The van der Waals surface area contributed by atoms with Gasteiger partial charge in [-0.15, -0.1) is 0 Å². The normalized spacial score (nSPS) is 10.9. The van der Waals surface area contributed by atoms with Gasteiger partial charge in [0, 0.05) is 17.3 Å². The number of aryl methyl sites for hydroxylation is 1. The molecule has 0 amide bonds. The fourth-order valence-electron chi connectivity index (χ4n) is 2.45. The Kier molecular flexibility index (Phi) is 5.23. The van der Waals surface area contributed by atoms with Crippen molar-refractivity contribution in [3.05, 3.63) is 75.6 Å². The summed E-state index contributed by atoms with van der Waals surface area (Å²) < 4.78 is 0. The van der Waals surface area contributed by atoms with Gasteiger partial charge < -0.3 is 11.1 Å². The highest BCUT2D eigenvalue weighted by atomic mass is 16.6. The zero-order valence-corrected chi connectivity index (χ0v) is 14.8. The van der Waals surface area contributed by atoms with Crippen molar-refractivity contribution in [3.63, 3.8) is 0 Å². The number of nitrogens with two attached hydrogens (primary N) is 1. The molecule has 0 saturated heterocycles. The van der Waals surface area contributed by atoms with E-state index < -0.39 is 4.92 Å². The molecule has 0 atom stereocenters. The van der Waals surface area contributed by atoms with E-state index in [1.165, 1.54) is 12.1 Å². The van der Waals surface area contributed by atoms with Crippen molar-refractivity contribution >= 4 is 34.9 Å². The van der Waals surface area contributed by atoms with E-state index in [0.29, 0.717) is 11.1 Å². The van der Waals surface area contributed by atoms with Crippen LogP contribution in [-0.4, -0.2) is 19.9 Å². The lowest BCUT2D eigenvalue weighted by molar-refractivity contribution is -0.385. The van der Waals surface area contributed by atoms with Gasteiger partial charge in [-0.1, -0.05) is 30.3 Å². The molecule has 3 aromatic rings. The molecule has 9 nitrogen and oxygen atoms in total. The summed E-state index contributed by atoms with van der Waals surface area (Å²) in [6.07, 6.45) is 1.47. The standard InChI is InChI=1S/C19H15N7O2/c1-12-7-8-13(10-16(12)26(27)28)9-14(11-20)17-23-18(21)25-19(24-17)22-15-5-3-2-4-6-15/h2-10H,1H3,(H3,21,22,23,24,25). The second kappa shape index (κ2) is 7.92. The molecule has 0 spiro atoms. The fraction of sp³-hybridized carbons (Fsp3) is 0.0526. The predicted molar refractivity (Wildman–Crippen MR) is 105 cm³/mol. The van der Waals surface area contributed by atoms with E-state index in [-0.39, 0.29) is 29.0 Å². The highest BCUT2D eigenvalue weighted by molar-refractivity contribution is 5.87. The summed E-state index contributed by atoms with van der Waals surface area (Å²) >= 11 is 0. The van der Waals surface area contributed by atoms with Gasteiger partial charge in [0.25, 0.3) is 5.69 Å². The van der Waals surface area contributed by atoms with Crippen molar-refractivity contribution in [2.24, 2.45) is 0 Å². The first-order valence-corrected chi connectivity index (χ1v) is 8.17. The van der Waals surface area contributed by atoms with Gasteiger partial charge in [-0.25, -0.2) is 0 Å². The average Bonchev–Trinajstić information content (AvgIpc) is 2.67. The smallest absolute Gasteiger partial charge is 0.272 e. The lowest BCUT2D eigenvalue weighted by atomic mass is 10.1. The van der Waals surface area contributed by atoms with Crippen molar-refractivity contribution in [2.45, 2.75) is 6.92 Å². The van der Waals surface area contributed by atoms with Crippen LogP contribution in [0.3, 0.4) is 0 Å². The molecule has 0 bridgehead atoms. The van der Waals surface area contributed by atoms with Crippen molar-refractivity contribution in [1.82, 2.24) is 15.0 Å². The molecule has 0 aliphatic rings. The van der Waals surface area contributed by atoms with Crippen LogP contribution >= 0.6 is 0 Å². The Morgan fingerprint density at radius 1 is 1.21 bits per heavy atom. The average molecular weight is 373 g/mol. The van der Waals surface area contributed by atoms with Gasteiger partial charge in [-0.2, -0.15) is 20.2 Å². The lowest BCUT2D eigenvalue weighted by Gasteiger charge is -2.07. The molecule has 0 fully saturated rings. The molecule has 9 heteroatoms. The molecule has 0 radical (unpaired) electrons. The summed E-state index contributed by atoms with van der Waals surface area (Å²) in [6.45, 7) is 1.64. The molecule has 0 unspecified atom stereocenters. The minimum Gasteiger partial charge on any atom is -0.368 e. The third kappa shape index (κ3) is 4.25. The van der Waals surface area contributed by atoms with Gasteiger partial charge in [0.05, 0.1) is 10.5 Å². The third-order valence-electron chi connectivity index (χ3n) is 3.78. The molecule has 28 heavy (non-hydrogen) atoms. The molecule has 2 aromatic carbocycles.